The molecule has 0 aromatic carbocycles. The molecule has 0 saturated carbocycles. The lowest BCUT2D eigenvalue weighted by molar-refractivity contribution is -0.148. The molecule has 0 aliphatic carbocycles. The van der Waals surface area contributed by atoms with Crippen molar-refractivity contribution in [2.45, 2.75) is 51.6 Å². The second-order valence-corrected chi connectivity index (χ2v) is 3.25. The van der Waals surface area contributed by atoms with E-state index < -0.39 is 0 Å². The average Bonchev–Trinajstić information content (AvgIpc) is 2.02. The van der Waals surface area contributed by atoms with Gasteiger partial charge in [-0.15, -0.1) is 0 Å². The molecule has 0 radical (unpaired) electrons. The minimum absolute atomic E-state index is 0.0144. The minimum atomic E-state index is -0.0144. The summed E-state index contributed by atoms with van der Waals surface area (Å²) in [7, 11) is 0. The summed E-state index contributed by atoms with van der Waals surface area (Å²) >= 11 is 0. The van der Waals surface area contributed by atoms with Gasteiger partial charge >= 0.3 is 5.97 Å². The maximum Gasteiger partial charge on any atom is 0.306 e. The maximum absolute atomic E-state index is 11.0. The largest absolute Gasteiger partial charge is 0.463 e. The van der Waals surface area contributed by atoms with Crippen LogP contribution < -0.4 is 0 Å². The van der Waals surface area contributed by atoms with Gasteiger partial charge in [-0.2, -0.15) is 0 Å². The Kier molecular flexibility index (Phi) is 3.40. The van der Waals surface area contributed by atoms with Crippen molar-refractivity contribution in [1.29, 1.82) is 0 Å². The first-order valence-corrected chi connectivity index (χ1v) is 4.48. The van der Waals surface area contributed by atoms with Crippen LogP contribution in [0, 0.1) is 0 Å². The van der Waals surface area contributed by atoms with E-state index in [9.17, 15) is 4.79 Å². The van der Waals surface area contributed by atoms with Crippen molar-refractivity contribution in [3.05, 3.63) is 0 Å². The second kappa shape index (κ2) is 4.37. The number of carbonyl (C=O) groups is 1. The first-order chi connectivity index (χ1) is 5.29. The third-order valence-corrected chi connectivity index (χ3v) is 2.07. The lowest BCUT2D eigenvalue weighted by Crippen LogP contribution is -2.13. The smallest absolute Gasteiger partial charge is 0.306 e. The fourth-order valence-corrected chi connectivity index (χ4v) is 1.40. The number of carbonyl (C=O) groups excluding carboxylic acids is 1. The van der Waals surface area contributed by atoms with Gasteiger partial charge in [-0.1, -0.05) is 12.8 Å². The quantitative estimate of drug-likeness (QED) is 0.503. The van der Waals surface area contributed by atoms with E-state index in [1.54, 1.807) is 0 Å². The summed E-state index contributed by atoms with van der Waals surface area (Å²) in [6.45, 7) is 1.98. The molecule has 2 heteroatoms. The van der Waals surface area contributed by atoms with Gasteiger partial charge in [0, 0.05) is 6.42 Å². The third kappa shape index (κ3) is 3.40. The fourth-order valence-electron chi connectivity index (χ4n) is 1.40. The van der Waals surface area contributed by atoms with E-state index in [1.165, 1.54) is 19.3 Å². The van der Waals surface area contributed by atoms with Gasteiger partial charge < -0.3 is 4.74 Å². The highest BCUT2D eigenvalue weighted by molar-refractivity contribution is 5.69. The standard InChI is InChI=1S/C9H16O2/c1-8-6-4-2-3-5-7-9(10)11-8/h8H,2-7H2,1H3/t8-/m1/s1. The molecule has 1 fully saturated rings. The Morgan fingerprint density at radius 2 is 2.00 bits per heavy atom. The SMILES string of the molecule is C[C@@H]1CCCCCCC(=O)O1. The first-order valence-electron chi connectivity index (χ1n) is 4.48. The molecule has 0 spiro atoms. The number of rotatable bonds is 0. The van der Waals surface area contributed by atoms with Gasteiger partial charge in [0.2, 0.25) is 0 Å². The molecule has 1 aliphatic heterocycles. The molecule has 1 aliphatic rings. The molecule has 1 heterocycles. The Bertz CT molecular complexity index is 132. The van der Waals surface area contributed by atoms with Crippen LogP contribution in [-0.4, -0.2) is 12.1 Å². The highest BCUT2D eigenvalue weighted by atomic mass is 16.5. The Morgan fingerprint density at radius 1 is 1.27 bits per heavy atom. The van der Waals surface area contributed by atoms with Crippen molar-refractivity contribution >= 4 is 5.97 Å². The monoisotopic (exact) mass is 156 g/mol. The summed E-state index contributed by atoms with van der Waals surface area (Å²) < 4.78 is 5.13. The maximum atomic E-state index is 11.0. The van der Waals surface area contributed by atoms with Gasteiger partial charge in [-0.3, -0.25) is 4.79 Å². The van der Waals surface area contributed by atoms with Crippen molar-refractivity contribution < 1.29 is 9.53 Å². The summed E-state index contributed by atoms with van der Waals surface area (Å²) in [6, 6.07) is 0. The van der Waals surface area contributed by atoms with Crippen LogP contribution in [0.15, 0.2) is 0 Å². The van der Waals surface area contributed by atoms with Crippen LogP contribution in [0.1, 0.15) is 45.4 Å². The summed E-state index contributed by atoms with van der Waals surface area (Å²) in [4.78, 5) is 11.0. The lowest BCUT2D eigenvalue weighted by Gasteiger charge is -2.10. The van der Waals surface area contributed by atoms with Crippen LogP contribution in [0.2, 0.25) is 0 Å². The van der Waals surface area contributed by atoms with E-state index in [1.807, 2.05) is 6.92 Å². The van der Waals surface area contributed by atoms with Crippen molar-refractivity contribution in [2.75, 3.05) is 0 Å². The van der Waals surface area contributed by atoms with E-state index >= 15 is 0 Å². The summed E-state index contributed by atoms with van der Waals surface area (Å²) in [5.74, 6) is -0.0144. The lowest BCUT2D eigenvalue weighted by atomic mass is 10.1. The highest BCUT2D eigenvalue weighted by Gasteiger charge is 2.10. The summed E-state index contributed by atoms with van der Waals surface area (Å²) in [5, 5.41) is 0. The van der Waals surface area contributed by atoms with Crippen molar-refractivity contribution in [1.82, 2.24) is 0 Å². The van der Waals surface area contributed by atoms with E-state index in [4.69, 9.17) is 4.74 Å². The minimum Gasteiger partial charge on any atom is -0.463 e. The highest BCUT2D eigenvalue weighted by Crippen LogP contribution is 2.13. The van der Waals surface area contributed by atoms with E-state index in [0.29, 0.717) is 6.42 Å². The number of ether oxygens (including phenoxy) is 1. The number of hydrogen-bond acceptors (Lipinski definition) is 2. The fraction of sp³-hybridized carbons (Fsp3) is 0.889. The van der Waals surface area contributed by atoms with Gasteiger partial charge in [-0.25, -0.2) is 0 Å². The van der Waals surface area contributed by atoms with Gasteiger partial charge in [0.15, 0.2) is 0 Å². The Hall–Kier alpha value is -0.530. The Morgan fingerprint density at radius 3 is 2.82 bits per heavy atom. The van der Waals surface area contributed by atoms with Crippen LogP contribution in [0.4, 0.5) is 0 Å². The zero-order valence-electron chi connectivity index (χ0n) is 7.14. The van der Waals surface area contributed by atoms with Crippen LogP contribution >= 0.6 is 0 Å². The molecule has 0 aromatic rings. The number of hydrogen-bond donors (Lipinski definition) is 0. The molecule has 1 atom stereocenters. The molecular weight excluding hydrogens is 140 g/mol. The van der Waals surface area contributed by atoms with E-state index in [2.05, 4.69) is 0 Å². The van der Waals surface area contributed by atoms with Crippen molar-refractivity contribution in [3.8, 4) is 0 Å². The van der Waals surface area contributed by atoms with Crippen LogP contribution in [0.3, 0.4) is 0 Å². The first kappa shape index (κ1) is 8.57. The molecule has 1 saturated heterocycles. The summed E-state index contributed by atoms with van der Waals surface area (Å²) in [6.07, 6.45) is 6.43. The van der Waals surface area contributed by atoms with E-state index in [-0.39, 0.29) is 12.1 Å². The molecule has 0 aromatic heterocycles. The molecule has 1 rings (SSSR count). The predicted octanol–water partition coefficient (Wildman–Crippen LogP) is 2.27. The molecule has 11 heavy (non-hydrogen) atoms. The normalized spacial score (nSPS) is 28.1. The van der Waals surface area contributed by atoms with Gasteiger partial charge in [-0.05, 0) is 26.2 Å². The zero-order chi connectivity index (χ0) is 8.10. The third-order valence-electron chi connectivity index (χ3n) is 2.07. The van der Waals surface area contributed by atoms with Crippen LogP contribution in [-0.2, 0) is 9.53 Å². The average molecular weight is 156 g/mol. The second-order valence-electron chi connectivity index (χ2n) is 3.25. The van der Waals surface area contributed by atoms with Gasteiger partial charge in [0.1, 0.15) is 0 Å². The molecule has 0 N–H and O–H groups in total. The molecular formula is C9H16O2. The Labute approximate surface area is 67.9 Å². The van der Waals surface area contributed by atoms with Crippen LogP contribution in [0.5, 0.6) is 0 Å². The van der Waals surface area contributed by atoms with E-state index in [0.717, 1.165) is 12.8 Å². The molecule has 64 valence electrons. The molecule has 0 bridgehead atoms. The van der Waals surface area contributed by atoms with Gasteiger partial charge in [0.05, 0.1) is 6.10 Å². The topological polar surface area (TPSA) is 26.3 Å². The molecule has 0 amide bonds. The predicted molar refractivity (Wildman–Crippen MR) is 43.3 cm³/mol. The number of esters is 1. The summed E-state index contributed by atoms with van der Waals surface area (Å²) in [5.41, 5.74) is 0. The van der Waals surface area contributed by atoms with Gasteiger partial charge in [0.25, 0.3) is 0 Å². The Balaban J connectivity index is 2.33. The van der Waals surface area contributed by atoms with Crippen LogP contribution in [0.25, 0.3) is 0 Å². The van der Waals surface area contributed by atoms with Crippen molar-refractivity contribution in [3.63, 3.8) is 0 Å². The molecule has 0 unspecified atom stereocenters. The zero-order valence-corrected chi connectivity index (χ0v) is 7.14. The number of cyclic esters (lactones) is 1. The molecule has 2 nitrogen and oxygen atoms in total. The van der Waals surface area contributed by atoms with Crippen molar-refractivity contribution in [2.24, 2.45) is 0 Å².